The van der Waals surface area contributed by atoms with E-state index in [-0.39, 0.29) is 17.8 Å². The van der Waals surface area contributed by atoms with E-state index in [9.17, 15) is 14.0 Å². The molecule has 0 saturated carbocycles. The first kappa shape index (κ1) is 16.3. The van der Waals surface area contributed by atoms with Crippen molar-refractivity contribution in [1.29, 1.82) is 0 Å². The summed E-state index contributed by atoms with van der Waals surface area (Å²) in [6.07, 6.45) is 1.25. The molecule has 0 bridgehead atoms. The SMILES string of the molecule is COC(=O)N1CCCN(C(=O)CCc2cccc(F)c2)CC1. The summed E-state index contributed by atoms with van der Waals surface area (Å²) < 4.78 is 17.8. The molecule has 0 radical (unpaired) electrons. The van der Waals surface area contributed by atoms with Gasteiger partial charge in [0.1, 0.15) is 5.82 Å². The molecular formula is C16H21FN2O3. The predicted octanol–water partition coefficient (Wildman–Crippen LogP) is 2.06. The highest BCUT2D eigenvalue weighted by molar-refractivity contribution is 5.76. The van der Waals surface area contributed by atoms with Gasteiger partial charge in [0.25, 0.3) is 0 Å². The maximum absolute atomic E-state index is 13.1. The van der Waals surface area contributed by atoms with Gasteiger partial charge >= 0.3 is 6.09 Å². The van der Waals surface area contributed by atoms with Gasteiger partial charge in [0, 0.05) is 32.6 Å². The first-order chi connectivity index (χ1) is 10.6. The van der Waals surface area contributed by atoms with Crippen molar-refractivity contribution in [3.8, 4) is 0 Å². The van der Waals surface area contributed by atoms with E-state index < -0.39 is 0 Å². The molecule has 0 aromatic heterocycles. The number of carbonyl (C=O) groups is 2. The van der Waals surface area contributed by atoms with Gasteiger partial charge in [0.15, 0.2) is 0 Å². The van der Waals surface area contributed by atoms with E-state index in [0.29, 0.717) is 39.0 Å². The maximum Gasteiger partial charge on any atom is 0.409 e. The van der Waals surface area contributed by atoms with Crippen LogP contribution in [0.15, 0.2) is 24.3 Å². The largest absolute Gasteiger partial charge is 0.453 e. The Kier molecular flexibility index (Phi) is 5.75. The number of benzene rings is 1. The summed E-state index contributed by atoms with van der Waals surface area (Å²) in [6.45, 7) is 2.23. The van der Waals surface area contributed by atoms with Gasteiger partial charge in [-0.15, -0.1) is 0 Å². The summed E-state index contributed by atoms with van der Waals surface area (Å²) in [5.74, 6) is -0.246. The molecule has 120 valence electrons. The molecule has 2 rings (SSSR count). The highest BCUT2D eigenvalue weighted by atomic mass is 19.1. The minimum atomic E-state index is -0.353. The van der Waals surface area contributed by atoms with Gasteiger partial charge in [0.2, 0.25) is 5.91 Å². The summed E-state index contributed by atoms with van der Waals surface area (Å²) in [7, 11) is 1.36. The lowest BCUT2D eigenvalue weighted by Crippen LogP contribution is -2.37. The molecule has 0 N–H and O–H groups in total. The molecule has 1 aliphatic rings. The Morgan fingerprint density at radius 3 is 2.64 bits per heavy atom. The number of hydrogen-bond acceptors (Lipinski definition) is 3. The normalized spacial score (nSPS) is 15.4. The topological polar surface area (TPSA) is 49.9 Å². The van der Waals surface area contributed by atoms with Crippen molar-refractivity contribution in [3.63, 3.8) is 0 Å². The molecule has 5 nitrogen and oxygen atoms in total. The van der Waals surface area contributed by atoms with Gasteiger partial charge in [-0.3, -0.25) is 4.79 Å². The molecule has 1 heterocycles. The zero-order chi connectivity index (χ0) is 15.9. The summed E-state index contributed by atoms with van der Waals surface area (Å²) in [4.78, 5) is 27.1. The van der Waals surface area contributed by atoms with Crippen LogP contribution in [0.1, 0.15) is 18.4 Å². The fraction of sp³-hybridized carbons (Fsp3) is 0.500. The van der Waals surface area contributed by atoms with Crippen LogP contribution in [0.25, 0.3) is 0 Å². The Morgan fingerprint density at radius 2 is 1.91 bits per heavy atom. The van der Waals surface area contributed by atoms with Crippen molar-refractivity contribution < 1.29 is 18.7 Å². The molecule has 6 heteroatoms. The van der Waals surface area contributed by atoms with Crippen LogP contribution in [0, 0.1) is 5.82 Å². The van der Waals surface area contributed by atoms with Crippen LogP contribution in [0.3, 0.4) is 0 Å². The number of carbonyl (C=O) groups excluding carboxylic acids is 2. The Balaban J connectivity index is 1.84. The van der Waals surface area contributed by atoms with Crippen molar-refractivity contribution in [2.45, 2.75) is 19.3 Å². The second kappa shape index (κ2) is 7.77. The minimum absolute atomic E-state index is 0.0379. The first-order valence-electron chi connectivity index (χ1n) is 7.45. The van der Waals surface area contributed by atoms with Crippen LogP contribution in [-0.2, 0) is 16.0 Å². The fourth-order valence-electron chi connectivity index (χ4n) is 2.58. The van der Waals surface area contributed by atoms with E-state index in [4.69, 9.17) is 4.74 Å². The van der Waals surface area contributed by atoms with Gasteiger partial charge in [-0.2, -0.15) is 0 Å². The van der Waals surface area contributed by atoms with Gasteiger partial charge in [-0.25, -0.2) is 9.18 Å². The van der Waals surface area contributed by atoms with E-state index in [1.807, 2.05) is 6.07 Å². The lowest BCUT2D eigenvalue weighted by molar-refractivity contribution is -0.131. The predicted molar refractivity (Wildman–Crippen MR) is 79.9 cm³/mol. The van der Waals surface area contributed by atoms with Crippen LogP contribution in [0.5, 0.6) is 0 Å². The van der Waals surface area contributed by atoms with Gasteiger partial charge in [-0.1, -0.05) is 12.1 Å². The summed E-state index contributed by atoms with van der Waals surface area (Å²) in [6, 6.07) is 6.31. The number of methoxy groups -OCH3 is 1. The maximum atomic E-state index is 13.1. The third-order valence-electron chi connectivity index (χ3n) is 3.80. The van der Waals surface area contributed by atoms with Crippen LogP contribution in [0.2, 0.25) is 0 Å². The molecule has 1 aromatic carbocycles. The molecule has 0 spiro atoms. The van der Waals surface area contributed by atoms with Crippen LogP contribution in [-0.4, -0.2) is 55.1 Å². The molecule has 2 amide bonds. The monoisotopic (exact) mass is 308 g/mol. The second-order valence-electron chi connectivity index (χ2n) is 5.32. The molecule has 0 aliphatic carbocycles. The summed E-state index contributed by atoms with van der Waals surface area (Å²) in [5.41, 5.74) is 0.819. The Bertz CT molecular complexity index is 536. The Labute approximate surface area is 129 Å². The van der Waals surface area contributed by atoms with E-state index in [2.05, 4.69) is 0 Å². The number of amides is 2. The minimum Gasteiger partial charge on any atom is -0.453 e. The van der Waals surface area contributed by atoms with E-state index in [1.54, 1.807) is 15.9 Å². The summed E-state index contributed by atoms with van der Waals surface area (Å²) in [5, 5.41) is 0. The Hall–Kier alpha value is -2.11. The van der Waals surface area contributed by atoms with Crippen molar-refractivity contribution >= 4 is 12.0 Å². The van der Waals surface area contributed by atoms with E-state index >= 15 is 0 Å². The number of aryl methyl sites for hydroxylation is 1. The average molecular weight is 308 g/mol. The smallest absolute Gasteiger partial charge is 0.409 e. The van der Waals surface area contributed by atoms with Gasteiger partial charge < -0.3 is 14.5 Å². The van der Waals surface area contributed by atoms with Gasteiger partial charge in [-0.05, 0) is 30.5 Å². The number of halogens is 1. The van der Waals surface area contributed by atoms with Gasteiger partial charge in [0.05, 0.1) is 7.11 Å². The van der Waals surface area contributed by atoms with Crippen molar-refractivity contribution in [2.24, 2.45) is 0 Å². The number of hydrogen-bond donors (Lipinski definition) is 0. The molecule has 1 aromatic rings. The third kappa shape index (κ3) is 4.44. The zero-order valence-corrected chi connectivity index (χ0v) is 12.8. The lowest BCUT2D eigenvalue weighted by atomic mass is 10.1. The van der Waals surface area contributed by atoms with Crippen molar-refractivity contribution in [3.05, 3.63) is 35.6 Å². The number of nitrogens with zero attached hydrogens (tertiary/aromatic N) is 2. The van der Waals surface area contributed by atoms with Crippen LogP contribution < -0.4 is 0 Å². The first-order valence-corrected chi connectivity index (χ1v) is 7.45. The molecule has 0 atom stereocenters. The molecule has 1 fully saturated rings. The highest BCUT2D eigenvalue weighted by Crippen LogP contribution is 2.10. The lowest BCUT2D eigenvalue weighted by Gasteiger charge is -2.21. The molecule has 22 heavy (non-hydrogen) atoms. The van der Waals surface area contributed by atoms with Crippen LogP contribution >= 0.6 is 0 Å². The van der Waals surface area contributed by atoms with E-state index in [1.165, 1.54) is 19.2 Å². The third-order valence-corrected chi connectivity index (χ3v) is 3.80. The van der Waals surface area contributed by atoms with Crippen molar-refractivity contribution in [1.82, 2.24) is 9.80 Å². The highest BCUT2D eigenvalue weighted by Gasteiger charge is 2.22. The fourth-order valence-corrected chi connectivity index (χ4v) is 2.58. The van der Waals surface area contributed by atoms with Crippen molar-refractivity contribution in [2.75, 3.05) is 33.3 Å². The molecular weight excluding hydrogens is 287 g/mol. The van der Waals surface area contributed by atoms with Crippen LogP contribution in [0.4, 0.5) is 9.18 Å². The standard InChI is InChI=1S/C16H21FN2O3/c1-22-16(21)19-9-3-8-18(10-11-19)15(20)7-6-13-4-2-5-14(17)12-13/h2,4-5,12H,3,6-11H2,1H3. The average Bonchev–Trinajstić information content (AvgIpc) is 2.78. The second-order valence-corrected chi connectivity index (χ2v) is 5.32. The number of ether oxygens (including phenoxy) is 1. The molecule has 0 unspecified atom stereocenters. The number of rotatable bonds is 3. The molecule has 1 saturated heterocycles. The molecule has 1 aliphatic heterocycles. The quantitative estimate of drug-likeness (QED) is 0.859. The van der Waals surface area contributed by atoms with E-state index in [0.717, 1.165) is 12.0 Å². The summed E-state index contributed by atoms with van der Waals surface area (Å²) >= 11 is 0. The Morgan fingerprint density at radius 1 is 1.18 bits per heavy atom. The zero-order valence-electron chi connectivity index (χ0n) is 12.8.